The van der Waals surface area contributed by atoms with E-state index in [4.69, 9.17) is 10.7 Å². The lowest BCUT2D eigenvalue weighted by Crippen LogP contribution is -2.49. The normalized spacial score (nSPS) is 20.5. The number of guanidine groups is 1. The van der Waals surface area contributed by atoms with Gasteiger partial charge in [-0.15, -0.1) is 0 Å². The largest absolute Gasteiger partial charge is 0.366 e. The second kappa shape index (κ2) is 8.70. The van der Waals surface area contributed by atoms with Crippen LogP contribution in [0.25, 0.3) is 0 Å². The van der Waals surface area contributed by atoms with E-state index in [1.165, 1.54) is 0 Å². The minimum absolute atomic E-state index is 0.389. The number of carbonyl (C=O) groups excluding carboxylic acids is 1. The van der Waals surface area contributed by atoms with Crippen LogP contribution >= 0.6 is 0 Å². The molecule has 0 aliphatic carbocycles. The Labute approximate surface area is 160 Å². The van der Waals surface area contributed by atoms with Gasteiger partial charge in [-0.25, -0.2) is 9.98 Å². The number of imidazole rings is 1. The quantitative estimate of drug-likeness (QED) is 0.624. The highest BCUT2D eigenvalue weighted by molar-refractivity contribution is 5.92. The molecule has 1 aliphatic heterocycles. The Kier molecular flexibility index (Phi) is 6.11. The van der Waals surface area contributed by atoms with Gasteiger partial charge in [-0.2, -0.15) is 0 Å². The van der Waals surface area contributed by atoms with Crippen molar-refractivity contribution in [1.82, 2.24) is 19.8 Å². The van der Waals surface area contributed by atoms with E-state index in [1.54, 1.807) is 12.1 Å². The first-order chi connectivity index (χ1) is 13.1. The third-order valence-corrected chi connectivity index (χ3v) is 5.11. The highest BCUT2D eigenvalue weighted by Crippen LogP contribution is 2.27. The molecule has 3 N–H and O–H groups in total. The molecular weight excluding hydrogens is 340 g/mol. The number of rotatable bonds is 5. The molecule has 144 valence electrons. The van der Waals surface area contributed by atoms with Gasteiger partial charge in [0, 0.05) is 37.6 Å². The molecule has 2 unspecified atom stereocenters. The zero-order valence-corrected chi connectivity index (χ0v) is 16.0. The van der Waals surface area contributed by atoms with Crippen LogP contribution in [0.4, 0.5) is 0 Å². The lowest BCUT2D eigenvalue weighted by molar-refractivity contribution is 0.100. The average molecular weight is 368 g/mol. The molecule has 1 aliphatic rings. The molecule has 1 fully saturated rings. The minimum atomic E-state index is -0.411. The second-order valence-electron chi connectivity index (χ2n) is 7.02. The maximum atomic E-state index is 11.2. The molecule has 0 saturated carbocycles. The maximum absolute atomic E-state index is 11.2. The number of hydrogen-bond acceptors (Lipinski definition) is 3. The zero-order chi connectivity index (χ0) is 19.2. The molecule has 0 bridgehead atoms. The Balaban J connectivity index is 1.72. The number of benzene rings is 1. The van der Waals surface area contributed by atoms with Gasteiger partial charge in [-0.1, -0.05) is 19.1 Å². The summed E-state index contributed by atoms with van der Waals surface area (Å²) in [5.74, 6) is 1.11. The fourth-order valence-electron chi connectivity index (χ4n) is 3.46. The number of nitrogens with zero attached hydrogens (tertiary/aromatic N) is 4. The molecule has 1 aromatic carbocycles. The van der Waals surface area contributed by atoms with Gasteiger partial charge in [0.1, 0.15) is 0 Å². The van der Waals surface area contributed by atoms with Crippen molar-refractivity contribution in [3.63, 3.8) is 0 Å². The number of nitrogens with two attached hydrogens (primary N) is 1. The first-order valence-corrected chi connectivity index (χ1v) is 9.48. The Morgan fingerprint density at radius 3 is 2.78 bits per heavy atom. The molecule has 0 radical (unpaired) electrons. The molecule has 3 rings (SSSR count). The van der Waals surface area contributed by atoms with Crippen LogP contribution in [-0.4, -0.2) is 46.0 Å². The first-order valence-electron chi connectivity index (χ1n) is 9.48. The fourth-order valence-corrected chi connectivity index (χ4v) is 3.46. The number of likely N-dealkylation sites (tertiary alicyclic amines) is 1. The summed E-state index contributed by atoms with van der Waals surface area (Å²) in [7, 11) is 0. The number of primary amides is 1. The number of aromatic nitrogens is 2. The SMILES string of the molecule is CCNC(=NCc1ccc(C(N)=O)cc1)N1CCC(C)C(n2ccnc2)C1. The molecule has 7 heteroatoms. The van der Waals surface area contributed by atoms with Crippen LogP contribution in [0.15, 0.2) is 48.0 Å². The summed E-state index contributed by atoms with van der Waals surface area (Å²) in [5.41, 5.74) is 6.86. The second-order valence-corrected chi connectivity index (χ2v) is 7.02. The van der Waals surface area contributed by atoms with Gasteiger partial charge >= 0.3 is 0 Å². The number of piperidine rings is 1. The number of carbonyl (C=O) groups is 1. The lowest BCUT2D eigenvalue weighted by Gasteiger charge is -2.39. The number of amides is 1. The van der Waals surface area contributed by atoms with Gasteiger partial charge in [-0.05, 0) is 37.0 Å². The van der Waals surface area contributed by atoms with Crippen molar-refractivity contribution < 1.29 is 4.79 Å². The summed E-state index contributed by atoms with van der Waals surface area (Å²) in [6, 6.07) is 7.69. The van der Waals surface area contributed by atoms with Crippen molar-refractivity contribution in [2.45, 2.75) is 32.9 Å². The van der Waals surface area contributed by atoms with Crippen molar-refractivity contribution in [3.05, 3.63) is 54.1 Å². The monoisotopic (exact) mass is 368 g/mol. The van der Waals surface area contributed by atoms with E-state index >= 15 is 0 Å². The molecule has 2 heterocycles. The number of aliphatic imine (C=N–C) groups is 1. The minimum Gasteiger partial charge on any atom is -0.366 e. The van der Waals surface area contributed by atoms with Crippen LogP contribution in [0.2, 0.25) is 0 Å². The van der Waals surface area contributed by atoms with E-state index in [9.17, 15) is 4.79 Å². The Bertz CT molecular complexity index is 768. The fraction of sp³-hybridized carbons (Fsp3) is 0.450. The molecule has 7 nitrogen and oxygen atoms in total. The molecular formula is C20H28N6O. The summed E-state index contributed by atoms with van der Waals surface area (Å²) in [4.78, 5) is 22.5. The molecule has 2 atom stereocenters. The number of nitrogens with one attached hydrogen (secondary N) is 1. The number of hydrogen-bond donors (Lipinski definition) is 2. The van der Waals surface area contributed by atoms with Gasteiger partial charge in [-0.3, -0.25) is 4.79 Å². The van der Waals surface area contributed by atoms with Crippen LogP contribution in [0, 0.1) is 5.92 Å². The van der Waals surface area contributed by atoms with Crippen molar-refractivity contribution in [2.75, 3.05) is 19.6 Å². The Morgan fingerprint density at radius 1 is 1.37 bits per heavy atom. The van der Waals surface area contributed by atoms with E-state index in [2.05, 4.69) is 33.6 Å². The van der Waals surface area contributed by atoms with Gasteiger partial charge in [0.25, 0.3) is 0 Å². The highest BCUT2D eigenvalue weighted by Gasteiger charge is 2.28. The Morgan fingerprint density at radius 2 is 2.15 bits per heavy atom. The molecule has 0 spiro atoms. The molecule has 27 heavy (non-hydrogen) atoms. The molecule has 2 aromatic rings. The smallest absolute Gasteiger partial charge is 0.248 e. The lowest BCUT2D eigenvalue weighted by atomic mass is 9.93. The molecule has 1 amide bonds. The predicted octanol–water partition coefficient (Wildman–Crippen LogP) is 2.03. The van der Waals surface area contributed by atoms with Crippen molar-refractivity contribution in [1.29, 1.82) is 0 Å². The summed E-state index contributed by atoms with van der Waals surface area (Å²) in [5, 5.41) is 3.41. The van der Waals surface area contributed by atoms with Crippen LogP contribution in [0.5, 0.6) is 0 Å². The third-order valence-electron chi connectivity index (χ3n) is 5.11. The van der Waals surface area contributed by atoms with Crippen LogP contribution < -0.4 is 11.1 Å². The maximum Gasteiger partial charge on any atom is 0.248 e. The van der Waals surface area contributed by atoms with Gasteiger partial charge < -0.3 is 20.5 Å². The molecule has 1 saturated heterocycles. The summed E-state index contributed by atoms with van der Waals surface area (Å²) in [6.45, 7) is 7.65. The van der Waals surface area contributed by atoms with Gasteiger partial charge in [0.05, 0.1) is 18.9 Å². The van der Waals surface area contributed by atoms with Gasteiger partial charge in [0.2, 0.25) is 5.91 Å². The zero-order valence-electron chi connectivity index (χ0n) is 16.0. The van der Waals surface area contributed by atoms with Gasteiger partial charge in [0.15, 0.2) is 5.96 Å². The Hall–Kier alpha value is -2.83. The first kappa shape index (κ1) is 18.9. The van der Waals surface area contributed by atoms with Crippen LogP contribution in [0.1, 0.15) is 42.2 Å². The van der Waals surface area contributed by atoms with E-state index in [0.29, 0.717) is 24.1 Å². The van der Waals surface area contributed by atoms with E-state index in [1.807, 2.05) is 30.9 Å². The summed E-state index contributed by atoms with van der Waals surface area (Å²) < 4.78 is 2.20. The van der Waals surface area contributed by atoms with E-state index < -0.39 is 5.91 Å². The van der Waals surface area contributed by atoms with Crippen LogP contribution in [0.3, 0.4) is 0 Å². The standard InChI is InChI=1S/C20H28N6O/c1-3-23-20(24-12-16-4-6-17(7-5-16)19(21)27)25-10-8-15(2)18(13-25)26-11-9-22-14-26/h4-7,9,11,14-15,18H,3,8,10,12-13H2,1-2H3,(H2,21,27)(H,23,24). The van der Waals surface area contributed by atoms with Crippen molar-refractivity contribution in [3.8, 4) is 0 Å². The highest BCUT2D eigenvalue weighted by atomic mass is 16.1. The van der Waals surface area contributed by atoms with Crippen LogP contribution in [-0.2, 0) is 6.54 Å². The summed E-state index contributed by atoms with van der Waals surface area (Å²) >= 11 is 0. The predicted molar refractivity (Wildman–Crippen MR) is 106 cm³/mol. The topological polar surface area (TPSA) is 88.5 Å². The van der Waals surface area contributed by atoms with Crippen molar-refractivity contribution >= 4 is 11.9 Å². The van der Waals surface area contributed by atoms with E-state index in [0.717, 1.165) is 37.6 Å². The van der Waals surface area contributed by atoms with E-state index in [-0.39, 0.29) is 0 Å². The summed E-state index contributed by atoms with van der Waals surface area (Å²) in [6.07, 6.45) is 6.88. The average Bonchev–Trinajstić information content (AvgIpc) is 3.20. The molecule has 1 aromatic heterocycles. The van der Waals surface area contributed by atoms with Crippen molar-refractivity contribution in [2.24, 2.45) is 16.6 Å². The third kappa shape index (κ3) is 4.67.